The highest BCUT2D eigenvalue weighted by molar-refractivity contribution is 9.10. The summed E-state index contributed by atoms with van der Waals surface area (Å²) in [6, 6.07) is 13.1. The van der Waals surface area contributed by atoms with Gasteiger partial charge in [0, 0.05) is 34.9 Å². The van der Waals surface area contributed by atoms with E-state index in [1.807, 2.05) is 30.3 Å². The zero-order valence-corrected chi connectivity index (χ0v) is 13.9. The molecule has 0 amide bonds. The molecule has 0 saturated heterocycles. The second-order valence-electron chi connectivity index (χ2n) is 5.43. The van der Waals surface area contributed by atoms with E-state index in [-0.39, 0.29) is 5.82 Å². The topological polar surface area (TPSA) is 29.3 Å². The molecule has 112 valence electrons. The molecule has 0 aliphatic rings. The molecule has 2 N–H and O–H groups in total. The summed E-state index contributed by atoms with van der Waals surface area (Å²) < 4.78 is 14.8. The van der Waals surface area contributed by atoms with Crippen molar-refractivity contribution in [3.63, 3.8) is 0 Å². The lowest BCUT2D eigenvalue weighted by Crippen LogP contribution is -2.30. The molecule has 0 unspecified atom stereocenters. The van der Waals surface area contributed by atoms with Crippen LogP contribution in [0, 0.1) is 5.82 Å². The Balaban J connectivity index is 2.20. The number of nitrogens with two attached hydrogens (primary N) is 1. The molecule has 0 radical (unpaired) electrons. The number of anilines is 1. The van der Waals surface area contributed by atoms with Gasteiger partial charge in [-0.15, -0.1) is 0 Å². The van der Waals surface area contributed by atoms with Crippen molar-refractivity contribution in [3.05, 3.63) is 63.9 Å². The van der Waals surface area contributed by atoms with Crippen LogP contribution in [0.3, 0.4) is 0 Å². The van der Waals surface area contributed by atoms with Crippen molar-refractivity contribution >= 4 is 21.6 Å². The van der Waals surface area contributed by atoms with E-state index in [4.69, 9.17) is 5.73 Å². The van der Waals surface area contributed by atoms with Gasteiger partial charge in [0.25, 0.3) is 0 Å². The van der Waals surface area contributed by atoms with Crippen molar-refractivity contribution in [2.24, 2.45) is 0 Å². The van der Waals surface area contributed by atoms with Gasteiger partial charge in [0.2, 0.25) is 0 Å². The lowest BCUT2D eigenvalue weighted by Gasteiger charge is -2.27. The van der Waals surface area contributed by atoms with Crippen molar-refractivity contribution in [2.45, 2.75) is 33.0 Å². The number of hydrogen-bond acceptors (Lipinski definition) is 2. The molecule has 0 bridgehead atoms. The number of nitrogens with zero attached hydrogens (tertiary/aromatic N) is 1. The molecule has 4 heteroatoms. The first-order valence-electron chi connectivity index (χ1n) is 6.98. The fourth-order valence-corrected chi connectivity index (χ4v) is 2.61. The van der Waals surface area contributed by atoms with E-state index in [1.165, 1.54) is 6.07 Å². The first-order chi connectivity index (χ1) is 9.97. The van der Waals surface area contributed by atoms with Crippen LogP contribution in [0.15, 0.2) is 46.9 Å². The third-order valence-electron chi connectivity index (χ3n) is 3.54. The average Bonchev–Trinajstić information content (AvgIpc) is 2.44. The van der Waals surface area contributed by atoms with E-state index in [0.717, 1.165) is 15.7 Å². The maximum absolute atomic E-state index is 13.9. The largest absolute Gasteiger partial charge is 0.398 e. The normalized spacial score (nSPS) is 11.3. The van der Waals surface area contributed by atoms with Gasteiger partial charge in [-0.1, -0.05) is 34.1 Å². The molecular weight excluding hydrogens is 331 g/mol. The molecule has 0 fully saturated rings. The summed E-state index contributed by atoms with van der Waals surface area (Å²) in [5.41, 5.74) is 8.54. The Labute approximate surface area is 133 Å². The summed E-state index contributed by atoms with van der Waals surface area (Å²) in [7, 11) is 0. The van der Waals surface area contributed by atoms with Gasteiger partial charge >= 0.3 is 0 Å². The van der Waals surface area contributed by atoms with E-state index in [9.17, 15) is 4.39 Å². The van der Waals surface area contributed by atoms with Crippen molar-refractivity contribution in [1.82, 2.24) is 4.90 Å². The van der Waals surface area contributed by atoms with E-state index < -0.39 is 0 Å². The Kier molecular flexibility index (Phi) is 5.37. The first-order valence-corrected chi connectivity index (χ1v) is 7.78. The second kappa shape index (κ2) is 7.05. The maximum atomic E-state index is 13.9. The van der Waals surface area contributed by atoms with Crippen LogP contribution in [-0.2, 0) is 13.1 Å². The predicted octanol–water partition coefficient (Wildman–Crippen LogP) is 4.58. The Hall–Kier alpha value is -1.39. The molecule has 21 heavy (non-hydrogen) atoms. The van der Waals surface area contributed by atoms with Gasteiger partial charge in [0.15, 0.2) is 0 Å². The molecule has 2 rings (SSSR count). The van der Waals surface area contributed by atoms with E-state index in [2.05, 4.69) is 34.7 Å². The Morgan fingerprint density at radius 3 is 2.43 bits per heavy atom. The molecule has 0 spiro atoms. The van der Waals surface area contributed by atoms with Crippen LogP contribution in [0.1, 0.15) is 25.0 Å². The van der Waals surface area contributed by atoms with E-state index in [0.29, 0.717) is 24.7 Å². The third-order valence-corrected chi connectivity index (χ3v) is 4.03. The first kappa shape index (κ1) is 16.0. The van der Waals surface area contributed by atoms with Crippen molar-refractivity contribution in [1.29, 1.82) is 0 Å². The van der Waals surface area contributed by atoms with Gasteiger partial charge in [-0.05, 0) is 43.7 Å². The zero-order valence-electron chi connectivity index (χ0n) is 12.3. The Bertz CT molecular complexity index is 613. The molecule has 2 aromatic carbocycles. The zero-order chi connectivity index (χ0) is 15.4. The number of para-hydroxylation sites is 1. The predicted molar refractivity (Wildman–Crippen MR) is 89.3 cm³/mol. The van der Waals surface area contributed by atoms with Crippen LogP contribution < -0.4 is 5.73 Å². The lowest BCUT2D eigenvalue weighted by molar-refractivity contribution is 0.201. The lowest BCUT2D eigenvalue weighted by atomic mass is 10.1. The Morgan fingerprint density at radius 1 is 1.10 bits per heavy atom. The SMILES string of the molecule is CC(C)N(Cc1ccccc1N)Cc1cc(Br)ccc1F. The quantitative estimate of drug-likeness (QED) is 0.799. The monoisotopic (exact) mass is 350 g/mol. The molecule has 0 saturated carbocycles. The number of hydrogen-bond donors (Lipinski definition) is 1. The van der Waals surface area contributed by atoms with Gasteiger partial charge in [-0.3, -0.25) is 4.90 Å². The molecule has 0 heterocycles. The van der Waals surface area contributed by atoms with Crippen LogP contribution in [0.5, 0.6) is 0 Å². The van der Waals surface area contributed by atoms with Crippen molar-refractivity contribution < 1.29 is 4.39 Å². The summed E-state index contributed by atoms with van der Waals surface area (Å²) in [4.78, 5) is 2.20. The third kappa shape index (κ3) is 4.29. The standard InChI is InChI=1S/C17H20BrFN2/c1-12(2)21(10-13-5-3-4-6-17(13)20)11-14-9-15(18)7-8-16(14)19/h3-9,12H,10-11,20H2,1-2H3. The fourth-order valence-electron chi connectivity index (χ4n) is 2.20. The van der Waals surface area contributed by atoms with Gasteiger partial charge in [-0.2, -0.15) is 0 Å². The van der Waals surface area contributed by atoms with Crippen LogP contribution in [0.2, 0.25) is 0 Å². The number of halogens is 2. The minimum absolute atomic E-state index is 0.176. The molecule has 0 atom stereocenters. The van der Waals surface area contributed by atoms with Crippen LogP contribution in [0.4, 0.5) is 10.1 Å². The van der Waals surface area contributed by atoms with Gasteiger partial charge in [-0.25, -0.2) is 4.39 Å². The van der Waals surface area contributed by atoms with E-state index >= 15 is 0 Å². The molecule has 0 aromatic heterocycles. The van der Waals surface area contributed by atoms with Gasteiger partial charge in [0.1, 0.15) is 5.82 Å². The highest BCUT2D eigenvalue weighted by atomic mass is 79.9. The van der Waals surface area contributed by atoms with Gasteiger partial charge < -0.3 is 5.73 Å². The van der Waals surface area contributed by atoms with Crippen LogP contribution in [-0.4, -0.2) is 10.9 Å². The maximum Gasteiger partial charge on any atom is 0.127 e. The summed E-state index contributed by atoms with van der Waals surface area (Å²) in [6.45, 7) is 5.47. The molecule has 2 aromatic rings. The molecule has 0 aliphatic heterocycles. The molecule has 0 aliphatic carbocycles. The Morgan fingerprint density at radius 2 is 1.76 bits per heavy atom. The minimum Gasteiger partial charge on any atom is -0.398 e. The second-order valence-corrected chi connectivity index (χ2v) is 6.35. The number of rotatable bonds is 5. The average molecular weight is 351 g/mol. The molecule has 2 nitrogen and oxygen atoms in total. The van der Waals surface area contributed by atoms with Crippen molar-refractivity contribution in [2.75, 3.05) is 5.73 Å². The molecular formula is C17H20BrFN2. The van der Waals surface area contributed by atoms with Crippen LogP contribution in [0.25, 0.3) is 0 Å². The highest BCUT2D eigenvalue weighted by Gasteiger charge is 2.14. The minimum atomic E-state index is -0.176. The summed E-state index contributed by atoms with van der Waals surface area (Å²) in [5, 5.41) is 0. The number of benzene rings is 2. The van der Waals surface area contributed by atoms with Crippen LogP contribution >= 0.6 is 15.9 Å². The fraction of sp³-hybridized carbons (Fsp3) is 0.294. The van der Waals surface area contributed by atoms with Crippen molar-refractivity contribution in [3.8, 4) is 0 Å². The summed E-state index contributed by atoms with van der Waals surface area (Å²) >= 11 is 3.40. The number of nitrogen functional groups attached to an aromatic ring is 1. The smallest absolute Gasteiger partial charge is 0.127 e. The highest BCUT2D eigenvalue weighted by Crippen LogP contribution is 2.21. The van der Waals surface area contributed by atoms with Gasteiger partial charge in [0.05, 0.1) is 0 Å². The summed E-state index contributed by atoms with van der Waals surface area (Å²) in [6.07, 6.45) is 0. The van der Waals surface area contributed by atoms with E-state index in [1.54, 1.807) is 6.07 Å². The summed E-state index contributed by atoms with van der Waals surface area (Å²) in [5.74, 6) is -0.176.